The van der Waals surface area contributed by atoms with Crippen molar-refractivity contribution >= 4 is 12.8 Å². The van der Waals surface area contributed by atoms with Crippen molar-refractivity contribution < 1.29 is 0 Å². The number of hydrogen-bond donors (Lipinski definition) is 1. The molecule has 0 radical (unpaired) electrons. The third-order valence-corrected chi connectivity index (χ3v) is 1.50. The molecule has 0 aliphatic heterocycles. The number of nitrogens with zero attached hydrogens (tertiary/aromatic N) is 1. The van der Waals surface area contributed by atoms with Crippen molar-refractivity contribution in [3.63, 3.8) is 0 Å². The molecule has 1 heterocycles. The molecule has 0 fully saturated rings. The Morgan fingerprint density at radius 1 is 1.10 bits per heavy atom. The van der Waals surface area contributed by atoms with Gasteiger partial charge in [0.05, 0.1) is 0 Å². The fraction of sp³-hybridized carbons (Fsp3) is 0.500. The Hall–Kier alpha value is -0.370. The highest BCUT2D eigenvalue weighted by Crippen LogP contribution is 2.06. The lowest BCUT2D eigenvalue weighted by molar-refractivity contribution is 1.29. The minimum atomic E-state index is 1.29. The van der Waals surface area contributed by atoms with Crippen molar-refractivity contribution in [2.75, 3.05) is 0 Å². The van der Waals surface area contributed by atoms with E-state index in [0.29, 0.717) is 0 Å². The van der Waals surface area contributed by atoms with Gasteiger partial charge in [0.15, 0.2) is 0 Å². The summed E-state index contributed by atoms with van der Waals surface area (Å²) in [6, 6.07) is 0. The molecule has 0 aliphatic carbocycles. The summed E-state index contributed by atoms with van der Waals surface area (Å²) in [6.07, 6.45) is 3.97. The van der Waals surface area contributed by atoms with Gasteiger partial charge in [-0.05, 0) is 25.0 Å². The number of thiol groups is 1. The highest BCUT2D eigenvalue weighted by atomic mass is 32.1. The molecule has 2 heteroatoms. The van der Waals surface area contributed by atoms with Gasteiger partial charge in [-0.3, -0.25) is 0 Å². The van der Waals surface area contributed by atoms with Crippen LogP contribution in [0.5, 0.6) is 0 Å². The topological polar surface area (TPSA) is 4.93 Å². The van der Waals surface area contributed by atoms with Gasteiger partial charge in [-0.25, -0.2) is 0 Å². The van der Waals surface area contributed by atoms with Crippen LogP contribution in [-0.4, -0.2) is 3.97 Å². The molecule has 0 atom stereocenters. The molecule has 0 N–H and O–H groups in total. The number of aryl methyl sites for hydroxylation is 2. The van der Waals surface area contributed by atoms with Crippen LogP contribution in [0.1, 0.15) is 25.0 Å². The lowest BCUT2D eigenvalue weighted by Gasteiger charge is -1.79. The van der Waals surface area contributed by atoms with E-state index in [1.165, 1.54) is 11.1 Å². The number of hydrogen-bond acceptors (Lipinski definition) is 1. The average molecular weight is 157 g/mol. The molecule has 0 spiro atoms. The van der Waals surface area contributed by atoms with E-state index in [4.69, 9.17) is 0 Å². The summed E-state index contributed by atoms with van der Waals surface area (Å²) < 4.78 is 1.77. The van der Waals surface area contributed by atoms with Crippen LogP contribution in [0, 0.1) is 13.8 Å². The van der Waals surface area contributed by atoms with E-state index < -0.39 is 0 Å². The zero-order chi connectivity index (χ0) is 8.15. The fourth-order valence-electron chi connectivity index (χ4n) is 0.638. The summed E-state index contributed by atoms with van der Waals surface area (Å²) in [7, 11) is 0. The molecular formula is C8H15NS. The summed E-state index contributed by atoms with van der Waals surface area (Å²) in [5.41, 5.74) is 2.58. The summed E-state index contributed by atoms with van der Waals surface area (Å²) in [4.78, 5) is 0. The van der Waals surface area contributed by atoms with E-state index >= 15 is 0 Å². The van der Waals surface area contributed by atoms with E-state index in [2.05, 4.69) is 26.7 Å². The van der Waals surface area contributed by atoms with Gasteiger partial charge in [0, 0.05) is 12.4 Å². The number of aromatic nitrogens is 1. The van der Waals surface area contributed by atoms with Gasteiger partial charge in [0.1, 0.15) is 0 Å². The van der Waals surface area contributed by atoms with Gasteiger partial charge in [-0.15, -0.1) is 0 Å². The van der Waals surface area contributed by atoms with Crippen LogP contribution in [0.3, 0.4) is 0 Å². The van der Waals surface area contributed by atoms with Crippen molar-refractivity contribution in [2.45, 2.75) is 27.7 Å². The Kier molecular flexibility index (Phi) is 4.28. The first-order valence-corrected chi connectivity index (χ1v) is 3.94. The minimum Gasteiger partial charge on any atom is -0.301 e. The van der Waals surface area contributed by atoms with E-state index in [1.54, 1.807) is 3.97 Å². The highest BCUT2D eigenvalue weighted by molar-refractivity contribution is 7.78. The van der Waals surface area contributed by atoms with Crippen molar-refractivity contribution in [3.05, 3.63) is 23.5 Å². The lowest BCUT2D eigenvalue weighted by Crippen LogP contribution is -1.65. The van der Waals surface area contributed by atoms with Gasteiger partial charge in [-0.1, -0.05) is 26.7 Å². The van der Waals surface area contributed by atoms with Gasteiger partial charge in [0.2, 0.25) is 0 Å². The molecule has 1 aromatic rings. The molecule has 1 aromatic heterocycles. The molecule has 0 aliphatic rings. The van der Waals surface area contributed by atoms with Crippen LogP contribution in [0.15, 0.2) is 12.4 Å². The molecule has 0 amide bonds. The van der Waals surface area contributed by atoms with Gasteiger partial charge >= 0.3 is 0 Å². The zero-order valence-electron chi connectivity index (χ0n) is 7.05. The summed E-state index contributed by atoms with van der Waals surface area (Å²) in [5.74, 6) is 0. The summed E-state index contributed by atoms with van der Waals surface area (Å²) >= 11 is 4.09. The minimum absolute atomic E-state index is 1.29. The molecule has 0 saturated heterocycles. The smallest absolute Gasteiger partial charge is 0.0186 e. The van der Waals surface area contributed by atoms with Crippen molar-refractivity contribution in [1.82, 2.24) is 3.97 Å². The standard InChI is InChI=1S/C6H9NS.C2H6/c1-5-3-7(8)4-6(5)2;1-2/h3-4,8H,1-2H3;1-2H3. The van der Waals surface area contributed by atoms with Crippen LogP contribution in [-0.2, 0) is 0 Å². The largest absolute Gasteiger partial charge is 0.301 e. The lowest BCUT2D eigenvalue weighted by atomic mass is 10.2. The van der Waals surface area contributed by atoms with E-state index in [9.17, 15) is 0 Å². The first-order valence-electron chi connectivity index (χ1n) is 3.54. The second-order valence-corrected chi connectivity index (χ2v) is 2.47. The van der Waals surface area contributed by atoms with Crippen LogP contribution in [0.2, 0.25) is 0 Å². The predicted octanol–water partition coefficient (Wildman–Crippen LogP) is 2.82. The second-order valence-electron chi connectivity index (χ2n) is 2.00. The maximum Gasteiger partial charge on any atom is 0.0186 e. The molecule has 10 heavy (non-hydrogen) atoms. The monoisotopic (exact) mass is 157 g/mol. The van der Waals surface area contributed by atoms with Gasteiger partial charge in [-0.2, -0.15) is 0 Å². The zero-order valence-corrected chi connectivity index (χ0v) is 7.94. The Morgan fingerprint density at radius 2 is 1.40 bits per heavy atom. The molecule has 0 aromatic carbocycles. The van der Waals surface area contributed by atoms with Crippen LogP contribution in [0.25, 0.3) is 0 Å². The Bertz CT molecular complexity index is 172. The first-order chi connectivity index (χ1) is 4.70. The Morgan fingerprint density at radius 3 is 1.50 bits per heavy atom. The average Bonchev–Trinajstić information content (AvgIpc) is 2.16. The highest BCUT2D eigenvalue weighted by Gasteiger charge is 1.91. The van der Waals surface area contributed by atoms with Gasteiger partial charge < -0.3 is 3.97 Å². The third-order valence-electron chi connectivity index (χ3n) is 1.27. The van der Waals surface area contributed by atoms with E-state index in [-0.39, 0.29) is 0 Å². The third kappa shape index (κ3) is 2.48. The maximum absolute atomic E-state index is 4.09. The van der Waals surface area contributed by atoms with Crippen LogP contribution in [0.4, 0.5) is 0 Å². The quantitative estimate of drug-likeness (QED) is 0.553. The number of rotatable bonds is 0. The fourth-order valence-corrected chi connectivity index (χ4v) is 0.984. The van der Waals surface area contributed by atoms with E-state index in [1.807, 2.05) is 26.2 Å². The Labute approximate surface area is 68.6 Å². The summed E-state index contributed by atoms with van der Waals surface area (Å²) in [6.45, 7) is 8.14. The van der Waals surface area contributed by atoms with Crippen LogP contribution >= 0.6 is 12.8 Å². The molecule has 1 rings (SSSR count). The van der Waals surface area contributed by atoms with Gasteiger partial charge in [0.25, 0.3) is 0 Å². The van der Waals surface area contributed by atoms with Crippen molar-refractivity contribution in [3.8, 4) is 0 Å². The molecule has 0 unspecified atom stereocenters. The molecular weight excluding hydrogens is 142 g/mol. The van der Waals surface area contributed by atoms with Crippen LogP contribution < -0.4 is 0 Å². The Balaban J connectivity index is 0.000000371. The molecule has 1 nitrogen and oxygen atoms in total. The van der Waals surface area contributed by atoms with Crippen molar-refractivity contribution in [2.24, 2.45) is 0 Å². The molecule has 58 valence electrons. The normalized spacial score (nSPS) is 8.50. The predicted molar refractivity (Wildman–Crippen MR) is 49.6 cm³/mol. The summed E-state index contributed by atoms with van der Waals surface area (Å²) in [5, 5.41) is 0. The van der Waals surface area contributed by atoms with Crippen molar-refractivity contribution in [1.29, 1.82) is 0 Å². The first kappa shape index (κ1) is 9.63. The van der Waals surface area contributed by atoms with E-state index in [0.717, 1.165) is 0 Å². The molecule has 0 bridgehead atoms. The molecule has 0 saturated carbocycles. The maximum atomic E-state index is 4.09. The SMILES string of the molecule is CC.Cc1cn(S)cc1C. The second kappa shape index (κ2) is 4.45.